The van der Waals surface area contributed by atoms with Crippen LogP contribution in [0.3, 0.4) is 0 Å². The number of anilines is 1. The largest absolute Gasteiger partial charge is 0.393 e. The van der Waals surface area contributed by atoms with Crippen molar-refractivity contribution < 1.29 is 5.11 Å². The third-order valence-corrected chi connectivity index (χ3v) is 6.69. The number of halogens is 1. The number of fused-ring (bicyclic) bond motifs is 1. The molecule has 1 aliphatic carbocycles. The zero-order valence-corrected chi connectivity index (χ0v) is 18.0. The van der Waals surface area contributed by atoms with Crippen molar-refractivity contribution in [1.29, 1.82) is 0 Å². The van der Waals surface area contributed by atoms with Crippen molar-refractivity contribution in [3.63, 3.8) is 0 Å². The number of benzene rings is 1. The number of pyridine rings is 1. The molecule has 4 aromatic rings. The number of hydrogen-bond donors (Lipinski definition) is 2. The lowest BCUT2D eigenvalue weighted by atomic mass is 9.85. The lowest BCUT2D eigenvalue weighted by Gasteiger charge is -2.26. The smallest absolute Gasteiger partial charge is 0.165 e. The summed E-state index contributed by atoms with van der Waals surface area (Å²) < 4.78 is 2.47. The quantitative estimate of drug-likeness (QED) is 0.454. The molecule has 0 unspecified atom stereocenters. The van der Waals surface area contributed by atoms with E-state index >= 15 is 0 Å². The maximum atomic E-state index is 9.86. The van der Waals surface area contributed by atoms with Crippen molar-refractivity contribution in [2.45, 2.75) is 37.7 Å². The normalized spacial score (nSPS) is 19.3. The van der Waals surface area contributed by atoms with Gasteiger partial charge in [0.1, 0.15) is 5.82 Å². The Morgan fingerprint density at radius 2 is 1.73 bits per heavy atom. The van der Waals surface area contributed by atoms with Gasteiger partial charge in [-0.05, 0) is 47.7 Å². The molecule has 3 heterocycles. The molecule has 3 aromatic heterocycles. The van der Waals surface area contributed by atoms with E-state index < -0.39 is 0 Å². The minimum absolute atomic E-state index is 0.208. The van der Waals surface area contributed by atoms with E-state index in [9.17, 15) is 5.11 Å². The fourth-order valence-electron chi connectivity index (χ4n) is 4.17. The molecule has 0 bridgehead atoms. The number of hydrogen-bond acceptors (Lipinski definition) is 5. The van der Waals surface area contributed by atoms with Gasteiger partial charge in [-0.2, -0.15) is 9.61 Å². The predicted molar refractivity (Wildman–Crippen MR) is 121 cm³/mol. The summed E-state index contributed by atoms with van der Waals surface area (Å²) >= 11 is 3.63. The average molecular weight is 464 g/mol. The van der Waals surface area contributed by atoms with Gasteiger partial charge < -0.3 is 10.8 Å². The molecule has 6 nitrogen and oxygen atoms in total. The fourth-order valence-corrected chi connectivity index (χ4v) is 4.75. The first-order valence-corrected chi connectivity index (χ1v) is 10.9. The van der Waals surface area contributed by atoms with Crippen LogP contribution in [0.25, 0.3) is 28.0 Å². The number of rotatable bonds is 3. The third kappa shape index (κ3) is 3.38. The molecule has 30 heavy (non-hydrogen) atoms. The van der Waals surface area contributed by atoms with Gasteiger partial charge in [-0.1, -0.05) is 36.4 Å². The summed E-state index contributed by atoms with van der Waals surface area (Å²) in [6, 6.07) is 14.2. The second-order valence-electron chi connectivity index (χ2n) is 7.79. The Morgan fingerprint density at radius 1 is 0.967 bits per heavy atom. The van der Waals surface area contributed by atoms with E-state index in [0.717, 1.165) is 63.9 Å². The molecule has 0 spiro atoms. The number of aromatic nitrogens is 4. The van der Waals surface area contributed by atoms with E-state index in [1.165, 1.54) is 0 Å². The van der Waals surface area contributed by atoms with Crippen LogP contribution in [0.5, 0.6) is 0 Å². The minimum atomic E-state index is -0.208. The molecule has 0 aliphatic heterocycles. The third-order valence-electron chi connectivity index (χ3n) is 5.88. The van der Waals surface area contributed by atoms with Crippen LogP contribution >= 0.6 is 15.9 Å². The van der Waals surface area contributed by atoms with Crippen molar-refractivity contribution in [2.75, 3.05) is 5.73 Å². The van der Waals surface area contributed by atoms with E-state index in [0.29, 0.717) is 5.82 Å². The van der Waals surface area contributed by atoms with Crippen LogP contribution in [0.15, 0.2) is 59.3 Å². The molecule has 3 N–H and O–H groups in total. The number of aliphatic hydroxyl groups is 1. The highest BCUT2D eigenvalue weighted by molar-refractivity contribution is 9.10. The van der Waals surface area contributed by atoms with Crippen molar-refractivity contribution in [1.82, 2.24) is 19.6 Å². The van der Waals surface area contributed by atoms with Gasteiger partial charge in [-0.25, -0.2) is 4.98 Å². The second-order valence-corrected chi connectivity index (χ2v) is 8.59. The summed E-state index contributed by atoms with van der Waals surface area (Å²) in [5.41, 5.74) is 11.9. The lowest BCUT2D eigenvalue weighted by Crippen LogP contribution is -2.19. The molecule has 0 saturated heterocycles. The minimum Gasteiger partial charge on any atom is -0.393 e. The van der Waals surface area contributed by atoms with Gasteiger partial charge >= 0.3 is 0 Å². The van der Waals surface area contributed by atoms with E-state index in [-0.39, 0.29) is 12.0 Å². The summed E-state index contributed by atoms with van der Waals surface area (Å²) in [5.74, 6) is 0.817. The Morgan fingerprint density at radius 3 is 2.43 bits per heavy atom. The highest BCUT2D eigenvalue weighted by atomic mass is 79.9. The highest BCUT2D eigenvalue weighted by Gasteiger charge is 2.26. The summed E-state index contributed by atoms with van der Waals surface area (Å²) in [5, 5.41) is 14.3. The Labute approximate surface area is 182 Å². The van der Waals surface area contributed by atoms with Gasteiger partial charge in [0.05, 0.1) is 28.2 Å². The Bertz CT molecular complexity index is 1180. The zero-order chi connectivity index (χ0) is 20.7. The Kier molecular flexibility index (Phi) is 5.00. The molecule has 1 aromatic carbocycles. The maximum absolute atomic E-state index is 9.86. The summed E-state index contributed by atoms with van der Waals surface area (Å²) in [6.07, 6.45) is 6.83. The molecule has 0 radical (unpaired) electrons. The highest BCUT2D eigenvalue weighted by Crippen LogP contribution is 2.39. The molecule has 1 fully saturated rings. The van der Waals surface area contributed by atoms with Gasteiger partial charge in [0.25, 0.3) is 0 Å². The van der Waals surface area contributed by atoms with Crippen LogP contribution in [0.2, 0.25) is 0 Å². The Balaban J connectivity index is 1.55. The zero-order valence-electron chi connectivity index (χ0n) is 16.4. The van der Waals surface area contributed by atoms with Crippen LogP contribution in [-0.4, -0.2) is 30.8 Å². The van der Waals surface area contributed by atoms with E-state index in [4.69, 9.17) is 10.7 Å². The van der Waals surface area contributed by atoms with Gasteiger partial charge in [0, 0.05) is 28.8 Å². The first kappa shape index (κ1) is 19.2. The average Bonchev–Trinajstić information content (AvgIpc) is 3.22. The molecule has 0 amide bonds. The number of nitrogen functional groups attached to an aromatic ring is 1. The molecular formula is C23H22BrN5O. The van der Waals surface area contributed by atoms with E-state index in [1.807, 2.05) is 48.7 Å². The van der Waals surface area contributed by atoms with Crippen LogP contribution in [0.1, 0.15) is 37.3 Å². The van der Waals surface area contributed by atoms with Crippen molar-refractivity contribution >= 4 is 27.4 Å². The summed E-state index contributed by atoms with van der Waals surface area (Å²) in [7, 11) is 0. The van der Waals surface area contributed by atoms with Crippen LogP contribution in [0, 0.1) is 0 Å². The molecule has 5 rings (SSSR count). The lowest BCUT2D eigenvalue weighted by molar-refractivity contribution is 0.122. The second kappa shape index (κ2) is 7.81. The monoisotopic (exact) mass is 463 g/mol. The number of nitrogens with two attached hydrogens (primary N) is 1. The van der Waals surface area contributed by atoms with Gasteiger partial charge in [-0.15, -0.1) is 0 Å². The first-order valence-electron chi connectivity index (χ1n) is 10.1. The maximum Gasteiger partial charge on any atom is 0.165 e. The van der Waals surface area contributed by atoms with Gasteiger partial charge in [0.15, 0.2) is 5.65 Å². The first-order chi connectivity index (χ1) is 14.6. The van der Waals surface area contributed by atoms with Crippen molar-refractivity contribution in [2.24, 2.45) is 0 Å². The SMILES string of the molecule is Nc1c(Br)c(C2CCC(O)CC2)nc2c(-c3ccc(-c4ccccc4)nc3)cnn12. The van der Waals surface area contributed by atoms with Gasteiger partial charge in [0.2, 0.25) is 0 Å². The Hall–Kier alpha value is -2.77. The number of aliphatic hydroxyl groups excluding tert-OH is 1. The summed E-state index contributed by atoms with van der Waals surface area (Å²) in [6.45, 7) is 0. The van der Waals surface area contributed by atoms with Gasteiger partial charge in [-0.3, -0.25) is 4.98 Å². The van der Waals surface area contributed by atoms with Crippen molar-refractivity contribution in [3.8, 4) is 22.4 Å². The molecule has 0 atom stereocenters. The number of nitrogens with zero attached hydrogens (tertiary/aromatic N) is 4. The molecule has 1 saturated carbocycles. The molecule has 1 aliphatic rings. The molecular weight excluding hydrogens is 442 g/mol. The topological polar surface area (TPSA) is 89.3 Å². The predicted octanol–water partition coefficient (Wildman–Crippen LogP) is 4.82. The van der Waals surface area contributed by atoms with E-state index in [1.54, 1.807) is 10.7 Å². The van der Waals surface area contributed by atoms with Crippen molar-refractivity contribution in [3.05, 3.63) is 65.0 Å². The van der Waals surface area contributed by atoms with Crippen LogP contribution < -0.4 is 5.73 Å². The van der Waals surface area contributed by atoms with Crippen LogP contribution in [0.4, 0.5) is 5.82 Å². The fraction of sp³-hybridized carbons (Fsp3) is 0.261. The van der Waals surface area contributed by atoms with E-state index in [2.05, 4.69) is 26.0 Å². The molecule has 152 valence electrons. The molecule has 7 heteroatoms. The standard InChI is InChI=1S/C23H22BrN5O/c24-20-21(15-6-9-17(30)10-7-15)28-23-18(13-27-29(23)22(20)25)16-8-11-19(26-12-16)14-4-2-1-3-5-14/h1-5,8,11-13,15,17,30H,6-7,9-10,25H2. The summed E-state index contributed by atoms with van der Waals surface area (Å²) in [4.78, 5) is 9.60. The van der Waals surface area contributed by atoms with Crippen LogP contribution in [-0.2, 0) is 0 Å².